The molecule has 0 unspecified atom stereocenters. The van der Waals surface area contributed by atoms with Gasteiger partial charge in [0.2, 0.25) is 6.79 Å². The van der Waals surface area contributed by atoms with E-state index in [0.29, 0.717) is 51.9 Å². The lowest BCUT2D eigenvalue weighted by Crippen LogP contribution is -2.32. The van der Waals surface area contributed by atoms with Gasteiger partial charge in [0.15, 0.2) is 28.8 Å². The summed E-state index contributed by atoms with van der Waals surface area (Å²) >= 11 is 0. The third kappa shape index (κ3) is 3.06. The number of carbonyl (C=O) groups is 2. The summed E-state index contributed by atoms with van der Waals surface area (Å²) in [5.74, 6) is -0.148. The van der Waals surface area contributed by atoms with Crippen molar-refractivity contribution >= 4 is 17.4 Å². The molecule has 0 saturated carbocycles. The fourth-order valence-corrected chi connectivity index (χ4v) is 4.61. The van der Waals surface area contributed by atoms with E-state index in [2.05, 4.69) is 5.32 Å². The number of fused-ring (bicyclic) bond motifs is 2. The van der Waals surface area contributed by atoms with Crippen molar-refractivity contribution in [3.8, 4) is 23.0 Å². The van der Waals surface area contributed by atoms with Crippen LogP contribution in [0.25, 0.3) is 0 Å². The second-order valence-electron chi connectivity index (χ2n) is 7.72. The number of aliphatic carboxylic acids is 1. The molecule has 0 amide bonds. The minimum atomic E-state index is -1.06. The number of benzene rings is 2. The van der Waals surface area contributed by atoms with Crippen molar-refractivity contribution in [2.45, 2.75) is 24.7 Å². The standard InChI is InChI=1S/C23H21NO7/c1-28-17-4-3-11(7-18(17)29-2)12-5-15-22(16(25)6-12)21(23(26)27)13-8-19-20(31-10-30-19)9-14(13)24-15/h3-4,7-9,12,21,24H,5-6,10H2,1-2H3,(H,26,27)/t12-,21+/m0/s1. The molecule has 0 aromatic heterocycles. The number of carboxylic acid groups (broad SMARTS) is 1. The number of methoxy groups -OCH3 is 2. The quantitative estimate of drug-likeness (QED) is 0.771. The topological polar surface area (TPSA) is 103 Å². The first-order chi connectivity index (χ1) is 15.0. The van der Waals surface area contributed by atoms with Gasteiger partial charge in [-0.25, -0.2) is 0 Å². The molecular formula is C23H21NO7. The third-order valence-corrected chi connectivity index (χ3v) is 6.06. The lowest BCUT2D eigenvalue weighted by Gasteiger charge is -2.35. The van der Waals surface area contributed by atoms with Gasteiger partial charge in [-0.2, -0.15) is 0 Å². The van der Waals surface area contributed by atoms with E-state index in [9.17, 15) is 14.7 Å². The van der Waals surface area contributed by atoms with Gasteiger partial charge < -0.3 is 29.4 Å². The summed E-state index contributed by atoms with van der Waals surface area (Å²) in [6.45, 7) is 0.0867. The Labute approximate surface area is 178 Å². The molecule has 8 nitrogen and oxygen atoms in total. The molecule has 2 aromatic rings. The average Bonchev–Trinajstić information content (AvgIpc) is 3.22. The predicted molar refractivity (Wildman–Crippen MR) is 110 cm³/mol. The molecule has 2 N–H and O–H groups in total. The molecule has 5 rings (SSSR count). The van der Waals surface area contributed by atoms with E-state index in [1.165, 1.54) is 0 Å². The van der Waals surface area contributed by atoms with Crippen LogP contribution in [-0.2, 0) is 9.59 Å². The van der Waals surface area contributed by atoms with Crippen LogP contribution in [0.5, 0.6) is 23.0 Å². The van der Waals surface area contributed by atoms with E-state index in [1.54, 1.807) is 26.4 Å². The van der Waals surface area contributed by atoms with Crippen LogP contribution in [0, 0.1) is 0 Å². The van der Waals surface area contributed by atoms with Gasteiger partial charge in [0.05, 0.1) is 14.2 Å². The van der Waals surface area contributed by atoms with Crippen LogP contribution in [0.4, 0.5) is 5.69 Å². The molecule has 160 valence electrons. The summed E-state index contributed by atoms with van der Waals surface area (Å²) in [6, 6.07) is 8.98. The number of hydrogen-bond donors (Lipinski definition) is 2. The molecule has 1 aliphatic carbocycles. The molecule has 2 atom stereocenters. The summed E-state index contributed by atoms with van der Waals surface area (Å²) in [5, 5.41) is 13.3. The number of Topliss-reactive ketones (excluding diaryl/α,β-unsaturated/α-hetero) is 1. The first-order valence-corrected chi connectivity index (χ1v) is 9.91. The largest absolute Gasteiger partial charge is 0.493 e. The minimum Gasteiger partial charge on any atom is -0.493 e. The number of hydrogen-bond acceptors (Lipinski definition) is 7. The molecule has 0 spiro atoms. The Morgan fingerprint density at radius 1 is 1.06 bits per heavy atom. The normalized spacial score (nSPS) is 21.2. The second kappa shape index (κ2) is 7.23. The molecule has 31 heavy (non-hydrogen) atoms. The van der Waals surface area contributed by atoms with Gasteiger partial charge in [0.1, 0.15) is 5.92 Å². The Bertz CT molecular complexity index is 1140. The highest BCUT2D eigenvalue weighted by atomic mass is 16.7. The average molecular weight is 423 g/mol. The summed E-state index contributed by atoms with van der Waals surface area (Å²) in [7, 11) is 3.13. The molecular weight excluding hydrogens is 402 g/mol. The van der Waals surface area contributed by atoms with Gasteiger partial charge in [-0.05, 0) is 41.7 Å². The first-order valence-electron chi connectivity index (χ1n) is 9.91. The Hall–Kier alpha value is -3.68. The van der Waals surface area contributed by atoms with Crippen LogP contribution in [0.1, 0.15) is 35.8 Å². The highest BCUT2D eigenvalue weighted by Gasteiger charge is 2.42. The fraction of sp³-hybridized carbons (Fsp3) is 0.304. The van der Waals surface area contributed by atoms with Crippen LogP contribution in [0.15, 0.2) is 41.6 Å². The summed E-state index contributed by atoms with van der Waals surface area (Å²) in [5.41, 5.74) is 3.01. The SMILES string of the molecule is COc1ccc([C@@H]2CC(=O)C3=C(C2)Nc2cc4c(cc2[C@H]3C(=O)O)OCO4)cc1OC. The highest BCUT2D eigenvalue weighted by molar-refractivity contribution is 6.06. The van der Waals surface area contributed by atoms with Gasteiger partial charge in [0, 0.05) is 29.4 Å². The van der Waals surface area contributed by atoms with Crippen LogP contribution < -0.4 is 24.3 Å². The van der Waals surface area contributed by atoms with E-state index in [1.807, 2.05) is 18.2 Å². The van der Waals surface area contributed by atoms with Crippen molar-refractivity contribution in [2.75, 3.05) is 26.3 Å². The molecule has 0 saturated heterocycles. The number of rotatable bonds is 4. The third-order valence-electron chi connectivity index (χ3n) is 6.06. The van der Waals surface area contributed by atoms with Gasteiger partial charge in [-0.15, -0.1) is 0 Å². The maximum absolute atomic E-state index is 13.2. The zero-order chi connectivity index (χ0) is 21.7. The van der Waals surface area contributed by atoms with E-state index < -0.39 is 11.9 Å². The van der Waals surface area contributed by atoms with Crippen molar-refractivity contribution in [1.29, 1.82) is 0 Å². The van der Waals surface area contributed by atoms with Crippen molar-refractivity contribution in [3.05, 3.63) is 52.7 Å². The van der Waals surface area contributed by atoms with Crippen LogP contribution in [-0.4, -0.2) is 37.9 Å². The number of ketones is 1. The summed E-state index contributed by atoms with van der Waals surface area (Å²) in [4.78, 5) is 25.4. The summed E-state index contributed by atoms with van der Waals surface area (Å²) in [6.07, 6.45) is 0.730. The Morgan fingerprint density at radius 2 is 1.81 bits per heavy atom. The van der Waals surface area contributed by atoms with E-state index in [0.717, 1.165) is 5.56 Å². The minimum absolute atomic E-state index is 0.0867. The van der Waals surface area contributed by atoms with Gasteiger partial charge in [-0.1, -0.05) is 6.07 Å². The number of carbonyl (C=O) groups excluding carboxylic acids is 1. The summed E-state index contributed by atoms with van der Waals surface area (Å²) < 4.78 is 21.5. The fourth-order valence-electron chi connectivity index (χ4n) is 4.61. The second-order valence-corrected chi connectivity index (χ2v) is 7.72. The Kier molecular flexibility index (Phi) is 4.50. The predicted octanol–water partition coefficient (Wildman–Crippen LogP) is 3.43. The van der Waals surface area contributed by atoms with Crippen molar-refractivity contribution in [2.24, 2.45) is 0 Å². The monoisotopic (exact) mass is 423 g/mol. The molecule has 0 bridgehead atoms. The number of carboxylic acids is 1. The Balaban J connectivity index is 1.54. The van der Waals surface area contributed by atoms with Gasteiger partial charge >= 0.3 is 5.97 Å². The molecule has 8 heteroatoms. The number of anilines is 1. The first kappa shape index (κ1) is 19.3. The molecule has 0 fully saturated rings. The number of nitrogens with one attached hydrogen (secondary N) is 1. The van der Waals surface area contributed by atoms with Gasteiger partial charge in [0.25, 0.3) is 0 Å². The number of allylic oxidation sites excluding steroid dienone is 1. The van der Waals surface area contributed by atoms with E-state index >= 15 is 0 Å². The van der Waals surface area contributed by atoms with Crippen molar-refractivity contribution < 1.29 is 33.6 Å². The van der Waals surface area contributed by atoms with E-state index in [-0.39, 0.29) is 24.9 Å². The van der Waals surface area contributed by atoms with Crippen LogP contribution in [0.3, 0.4) is 0 Å². The van der Waals surface area contributed by atoms with Crippen molar-refractivity contribution in [1.82, 2.24) is 0 Å². The smallest absolute Gasteiger partial charge is 0.315 e. The maximum atomic E-state index is 13.2. The lowest BCUT2D eigenvalue weighted by molar-refractivity contribution is -0.138. The molecule has 2 heterocycles. The lowest BCUT2D eigenvalue weighted by atomic mass is 9.74. The molecule has 0 radical (unpaired) electrons. The van der Waals surface area contributed by atoms with Crippen LogP contribution in [0.2, 0.25) is 0 Å². The molecule has 3 aliphatic rings. The molecule has 2 aliphatic heterocycles. The Morgan fingerprint density at radius 3 is 2.52 bits per heavy atom. The maximum Gasteiger partial charge on any atom is 0.315 e. The molecule has 2 aromatic carbocycles. The van der Waals surface area contributed by atoms with Crippen LogP contribution >= 0.6 is 0 Å². The zero-order valence-electron chi connectivity index (χ0n) is 17.1. The van der Waals surface area contributed by atoms with Gasteiger partial charge in [-0.3, -0.25) is 9.59 Å². The van der Waals surface area contributed by atoms with Crippen molar-refractivity contribution in [3.63, 3.8) is 0 Å². The van der Waals surface area contributed by atoms with E-state index in [4.69, 9.17) is 18.9 Å². The number of ether oxygens (including phenoxy) is 4. The zero-order valence-corrected chi connectivity index (χ0v) is 17.1. The highest BCUT2D eigenvalue weighted by Crippen LogP contribution is 2.49.